The molecule has 116 valence electrons. The van der Waals surface area contributed by atoms with E-state index < -0.39 is 6.10 Å². The minimum absolute atomic E-state index is 0.231. The van der Waals surface area contributed by atoms with Gasteiger partial charge in [-0.05, 0) is 60.3 Å². The van der Waals surface area contributed by atoms with Gasteiger partial charge in [-0.2, -0.15) is 0 Å². The molecule has 1 aromatic heterocycles. The summed E-state index contributed by atoms with van der Waals surface area (Å²) < 4.78 is 6.53. The lowest BCUT2D eigenvalue weighted by molar-refractivity contribution is -0.122. The third kappa shape index (κ3) is 3.64. The summed E-state index contributed by atoms with van der Waals surface area (Å²) >= 11 is 4.88. The first-order valence-corrected chi connectivity index (χ1v) is 8.71. The maximum absolute atomic E-state index is 12.2. The number of aryl methyl sites for hydroxylation is 1. The molecule has 7 heteroatoms. The number of anilines is 1. The van der Waals surface area contributed by atoms with E-state index >= 15 is 0 Å². The van der Waals surface area contributed by atoms with Crippen molar-refractivity contribution in [2.45, 2.75) is 38.7 Å². The third-order valence-electron chi connectivity index (χ3n) is 3.36. The number of ether oxygens (including phenoxy) is 1. The average Bonchev–Trinajstić information content (AvgIpc) is 3.22. The predicted molar refractivity (Wildman–Crippen MR) is 89.5 cm³/mol. The number of carbonyl (C=O) groups excluding carboxylic acids is 1. The van der Waals surface area contributed by atoms with E-state index in [9.17, 15) is 4.79 Å². The number of halogens is 1. The molecule has 0 bridgehead atoms. The summed E-state index contributed by atoms with van der Waals surface area (Å²) in [6.07, 6.45) is 1.72. The summed E-state index contributed by atoms with van der Waals surface area (Å²) in [5.74, 6) is 0.954. The van der Waals surface area contributed by atoms with Gasteiger partial charge in [0.1, 0.15) is 10.8 Å². The lowest BCUT2D eigenvalue weighted by Gasteiger charge is -2.15. The lowest BCUT2D eigenvalue weighted by Crippen LogP contribution is -2.30. The molecule has 0 radical (unpaired) electrons. The van der Waals surface area contributed by atoms with Gasteiger partial charge in [0.15, 0.2) is 6.10 Å². The number of hydrogen-bond acceptors (Lipinski definition) is 5. The molecule has 1 aliphatic carbocycles. The van der Waals surface area contributed by atoms with Gasteiger partial charge in [-0.15, -0.1) is 10.2 Å². The van der Waals surface area contributed by atoms with Crippen molar-refractivity contribution in [1.82, 2.24) is 10.2 Å². The molecule has 0 spiro atoms. The third-order valence-corrected chi connectivity index (χ3v) is 4.98. The number of carbonyl (C=O) groups is 1. The molecule has 1 aromatic carbocycles. The topological polar surface area (TPSA) is 64.1 Å². The Morgan fingerprint density at radius 3 is 2.91 bits per heavy atom. The zero-order chi connectivity index (χ0) is 15.7. The first kappa shape index (κ1) is 15.4. The Morgan fingerprint density at radius 2 is 2.23 bits per heavy atom. The summed E-state index contributed by atoms with van der Waals surface area (Å²) in [5.41, 5.74) is 1.12. The second-order valence-electron chi connectivity index (χ2n) is 5.40. The van der Waals surface area contributed by atoms with Gasteiger partial charge in [-0.3, -0.25) is 10.1 Å². The summed E-state index contributed by atoms with van der Waals surface area (Å²) in [6, 6.07) is 5.74. The van der Waals surface area contributed by atoms with Crippen molar-refractivity contribution in [3.8, 4) is 5.75 Å². The van der Waals surface area contributed by atoms with Gasteiger partial charge in [0, 0.05) is 5.92 Å². The highest BCUT2D eigenvalue weighted by Crippen LogP contribution is 2.42. The van der Waals surface area contributed by atoms with Crippen LogP contribution in [-0.2, 0) is 4.79 Å². The van der Waals surface area contributed by atoms with Crippen LogP contribution in [0.2, 0.25) is 0 Å². The van der Waals surface area contributed by atoms with Crippen LogP contribution in [0.3, 0.4) is 0 Å². The number of nitrogens with zero attached hydrogens (tertiary/aromatic N) is 2. The van der Waals surface area contributed by atoms with E-state index in [1.807, 2.05) is 25.1 Å². The number of hydrogen-bond donors (Lipinski definition) is 1. The van der Waals surface area contributed by atoms with Gasteiger partial charge < -0.3 is 4.74 Å². The van der Waals surface area contributed by atoms with E-state index in [-0.39, 0.29) is 5.91 Å². The first-order valence-electron chi connectivity index (χ1n) is 7.10. The molecule has 2 aromatic rings. The Bertz CT molecular complexity index is 700. The van der Waals surface area contributed by atoms with Crippen LogP contribution in [0, 0.1) is 6.92 Å². The van der Waals surface area contributed by atoms with Crippen molar-refractivity contribution >= 4 is 38.3 Å². The van der Waals surface area contributed by atoms with E-state index in [4.69, 9.17) is 4.74 Å². The molecule has 1 N–H and O–H groups in total. The predicted octanol–water partition coefficient (Wildman–Crippen LogP) is 3.89. The highest BCUT2D eigenvalue weighted by atomic mass is 79.9. The zero-order valence-corrected chi connectivity index (χ0v) is 14.7. The normalized spacial score (nSPS) is 15.4. The summed E-state index contributed by atoms with van der Waals surface area (Å²) in [5, 5.41) is 12.4. The van der Waals surface area contributed by atoms with E-state index in [0.717, 1.165) is 15.0 Å². The molecule has 22 heavy (non-hydrogen) atoms. The molecule has 1 amide bonds. The van der Waals surface area contributed by atoms with Crippen molar-refractivity contribution < 1.29 is 9.53 Å². The fourth-order valence-electron chi connectivity index (χ4n) is 1.93. The van der Waals surface area contributed by atoms with Crippen molar-refractivity contribution in [3.05, 3.63) is 33.2 Å². The highest BCUT2D eigenvalue weighted by Gasteiger charge is 2.28. The zero-order valence-electron chi connectivity index (χ0n) is 12.3. The second-order valence-corrected chi connectivity index (χ2v) is 7.27. The second kappa shape index (κ2) is 6.34. The van der Waals surface area contributed by atoms with Crippen molar-refractivity contribution in [1.29, 1.82) is 0 Å². The molecule has 1 heterocycles. The maximum Gasteiger partial charge on any atom is 0.266 e. The van der Waals surface area contributed by atoms with Crippen molar-refractivity contribution in [3.63, 3.8) is 0 Å². The molecule has 1 saturated carbocycles. The number of rotatable bonds is 5. The average molecular weight is 382 g/mol. The van der Waals surface area contributed by atoms with Crippen LogP contribution in [0.15, 0.2) is 22.7 Å². The van der Waals surface area contributed by atoms with Crippen LogP contribution >= 0.6 is 27.3 Å². The van der Waals surface area contributed by atoms with Gasteiger partial charge in [0.05, 0.1) is 4.47 Å². The summed E-state index contributed by atoms with van der Waals surface area (Å²) in [6.45, 7) is 3.71. The molecule has 3 rings (SSSR count). The minimum atomic E-state index is -0.618. The van der Waals surface area contributed by atoms with Crippen LogP contribution in [0.1, 0.15) is 36.3 Å². The number of amides is 1. The maximum atomic E-state index is 12.2. The standard InChI is InChI=1S/C15H16BrN3O2S/c1-8-3-6-12(11(16)7-8)21-9(2)13(20)17-15-19-18-14(22-15)10-4-5-10/h3,6-7,9-10H,4-5H2,1-2H3,(H,17,19,20)/t9-/m0/s1. The first-order chi connectivity index (χ1) is 10.5. The summed E-state index contributed by atoms with van der Waals surface area (Å²) in [7, 11) is 0. The van der Waals surface area contributed by atoms with E-state index in [0.29, 0.717) is 16.8 Å². The van der Waals surface area contributed by atoms with Gasteiger partial charge >= 0.3 is 0 Å². The van der Waals surface area contributed by atoms with Crippen LogP contribution in [0.5, 0.6) is 5.75 Å². The quantitative estimate of drug-likeness (QED) is 0.852. The van der Waals surface area contributed by atoms with Gasteiger partial charge in [-0.25, -0.2) is 0 Å². The van der Waals surface area contributed by atoms with Crippen LogP contribution in [0.25, 0.3) is 0 Å². The smallest absolute Gasteiger partial charge is 0.266 e. The van der Waals surface area contributed by atoms with E-state index in [1.54, 1.807) is 6.92 Å². The SMILES string of the molecule is Cc1ccc(O[C@@H](C)C(=O)Nc2nnc(C3CC3)s2)c(Br)c1. The van der Waals surface area contributed by atoms with Gasteiger partial charge in [0.25, 0.3) is 5.91 Å². The fraction of sp³-hybridized carbons (Fsp3) is 0.400. The van der Waals surface area contributed by atoms with E-state index in [2.05, 4.69) is 31.4 Å². The Labute approximate surface area is 141 Å². The molecule has 1 aliphatic rings. The van der Waals surface area contributed by atoms with Crippen molar-refractivity contribution in [2.24, 2.45) is 0 Å². The number of aromatic nitrogens is 2. The minimum Gasteiger partial charge on any atom is -0.480 e. The van der Waals surface area contributed by atoms with Gasteiger partial charge in [-0.1, -0.05) is 17.4 Å². The molecule has 0 saturated heterocycles. The number of nitrogens with one attached hydrogen (secondary N) is 1. The summed E-state index contributed by atoms with van der Waals surface area (Å²) in [4.78, 5) is 12.2. The molecule has 1 atom stereocenters. The van der Waals surface area contributed by atoms with Crippen LogP contribution in [0.4, 0.5) is 5.13 Å². The Morgan fingerprint density at radius 1 is 1.45 bits per heavy atom. The highest BCUT2D eigenvalue weighted by molar-refractivity contribution is 9.10. The number of benzene rings is 1. The largest absolute Gasteiger partial charge is 0.480 e. The van der Waals surface area contributed by atoms with Crippen molar-refractivity contribution in [2.75, 3.05) is 5.32 Å². The Balaban J connectivity index is 1.60. The van der Waals surface area contributed by atoms with E-state index in [1.165, 1.54) is 24.2 Å². The molecular weight excluding hydrogens is 366 g/mol. The fourth-order valence-corrected chi connectivity index (χ4v) is 3.43. The Hall–Kier alpha value is -1.47. The monoisotopic (exact) mass is 381 g/mol. The Kier molecular flexibility index (Phi) is 4.44. The lowest BCUT2D eigenvalue weighted by atomic mass is 10.2. The van der Waals surface area contributed by atoms with Crippen LogP contribution < -0.4 is 10.1 Å². The molecule has 0 unspecified atom stereocenters. The van der Waals surface area contributed by atoms with Gasteiger partial charge in [0.2, 0.25) is 5.13 Å². The molecular formula is C15H16BrN3O2S. The molecule has 1 fully saturated rings. The molecule has 0 aliphatic heterocycles. The van der Waals surface area contributed by atoms with Crippen LogP contribution in [-0.4, -0.2) is 22.2 Å². The molecule has 5 nitrogen and oxygen atoms in total.